The zero-order valence-corrected chi connectivity index (χ0v) is 19.6. The molecule has 1 aliphatic carbocycles. The highest BCUT2D eigenvalue weighted by molar-refractivity contribution is 7.80. The second-order valence-electron chi connectivity index (χ2n) is 7.31. The summed E-state index contributed by atoms with van der Waals surface area (Å²) in [6.07, 6.45) is 5.00. The molecule has 0 unspecified atom stereocenters. The van der Waals surface area contributed by atoms with Crippen LogP contribution < -0.4 is 10.2 Å². The highest BCUT2D eigenvalue weighted by atomic mass is 35.5. The van der Waals surface area contributed by atoms with Gasteiger partial charge in [-0.05, 0) is 74.7 Å². The molecule has 2 amide bonds. The Balaban J connectivity index is 1.66. The van der Waals surface area contributed by atoms with E-state index in [9.17, 15) is 14.4 Å². The minimum atomic E-state index is -1.19. The lowest BCUT2D eigenvalue weighted by atomic mass is 9.95. The van der Waals surface area contributed by atoms with Crippen LogP contribution in [0.5, 0.6) is 0 Å². The lowest BCUT2D eigenvalue weighted by Crippen LogP contribution is -2.58. The van der Waals surface area contributed by atoms with Gasteiger partial charge in [0.2, 0.25) is 5.91 Å². The van der Waals surface area contributed by atoms with Crippen LogP contribution in [0.4, 0.5) is 10.7 Å². The summed E-state index contributed by atoms with van der Waals surface area (Å²) in [5.41, 5.74) is 1.90. The molecule has 166 valence electrons. The average molecular weight is 490 g/mol. The van der Waals surface area contributed by atoms with Gasteiger partial charge in [0.15, 0.2) is 11.0 Å². The van der Waals surface area contributed by atoms with Gasteiger partial charge in [-0.15, -0.1) is 11.3 Å². The van der Waals surface area contributed by atoms with E-state index in [2.05, 4.69) is 10.3 Å². The van der Waals surface area contributed by atoms with Crippen molar-refractivity contribution in [3.63, 3.8) is 0 Å². The molecule has 2 aromatic rings. The van der Waals surface area contributed by atoms with Crippen LogP contribution in [-0.2, 0) is 27.2 Å². The molecular weight excluding hydrogens is 470 g/mol. The number of nitrogens with one attached hydrogen (secondary N) is 1. The molecular formula is C22H20ClN3O4S2. The first-order valence-electron chi connectivity index (χ1n) is 10.2. The van der Waals surface area contributed by atoms with E-state index < -0.39 is 23.7 Å². The predicted molar refractivity (Wildman–Crippen MR) is 128 cm³/mol. The van der Waals surface area contributed by atoms with Crippen molar-refractivity contribution in [2.45, 2.75) is 32.6 Å². The van der Waals surface area contributed by atoms with Crippen LogP contribution in [0, 0.1) is 5.92 Å². The number of esters is 1. The average Bonchev–Trinajstić information content (AvgIpc) is 3.13. The Bertz CT molecular complexity index is 1130. The molecule has 1 fully saturated rings. The van der Waals surface area contributed by atoms with Gasteiger partial charge >= 0.3 is 5.97 Å². The molecule has 32 heavy (non-hydrogen) atoms. The maximum Gasteiger partial charge on any atom is 0.341 e. The molecule has 1 N–H and O–H groups in total. The minimum Gasteiger partial charge on any atom is -0.462 e. The van der Waals surface area contributed by atoms with Gasteiger partial charge in [-0.3, -0.25) is 14.5 Å². The van der Waals surface area contributed by atoms with Crippen LogP contribution in [0.15, 0.2) is 29.3 Å². The van der Waals surface area contributed by atoms with Gasteiger partial charge < -0.3 is 10.1 Å². The number of hydrogen-bond donors (Lipinski definition) is 1. The number of benzene rings is 1. The number of carbonyl (C=O) groups excluding carboxylic acids is 3. The van der Waals surface area contributed by atoms with E-state index in [1.165, 1.54) is 22.5 Å². The van der Waals surface area contributed by atoms with Crippen molar-refractivity contribution in [1.82, 2.24) is 5.32 Å². The van der Waals surface area contributed by atoms with Crippen molar-refractivity contribution in [3.8, 4) is 0 Å². The number of amides is 2. The SMILES string of the molecule is CCOC(=O)c1c(N=C[C@H]2C(=O)NC(=S)N(c3ccc(Cl)cc3)C2=O)sc2c1CCCC2. The molecule has 1 saturated heterocycles. The summed E-state index contributed by atoms with van der Waals surface area (Å²) in [4.78, 5) is 45.1. The summed E-state index contributed by atoms with van der Waals surface area (Å²) in [6.45, 7) is 2.00. The molecule has 2 heterocycles. The summed E-state index contributed by atoms with van der Waals surface area (Å²) >= 11 is 12.6. The molecule has 0 saturated carbocycles. The first kappa shape index (κ1) is 22.6. The Morgan fingerprint density at radius 3 is 2.75 bits per heavy atom. The zero-order chi connectivity index (χ0) is 22.8. The molecule has 1 aromatic heterocycles. The smallest absolute Gasteiger partial charge is 0.341 e. The van der Waals surface area contributed by atoms with Crippen LogP contribution in [0.3, 0.4) is 0 Å². The molecule has 1 atom stereocenters. The molecule has 0 spiro atoms. The highest BCUT2D eigenvalue weighted by Gasteiger charge is 2.38. The van der Waals surface area contributed by atoms with E-state index in [0.29, 0.717) is 21.3 Å². The van der Waals surface area contributed by atoms with E-state index >= 15 is 0 Å². The van der Waals surface area contributed by atoms with Crippen molar-refractivity contribution in [2.75, 3.05) is 11.5 Å². The van der Waals surface area contributed by atoms with Crippen molar-refractivity contribution in [3.05, 3.63) is 45.3 Å². The van der Waals surface area contributed by atoms with Crippen LogP contribution in [-0.4, -0.2) is 35.7 Å². The van der Waals surface area contributed by atoms with E-state index in [0.717, 1.165) is 36.1 Å². The number of fused-ring (bicyclic) bond motifs is 1. The monoisotopic (exact) mass is 489 g/mol. The summed E-state index contributed by atoms with van der Waals surface area (Å²) in [5.74, 6) is -2.70. The number of halogens is 1. The van der Waals surface area contributed by atoms with Gasteiger partial charge in [-0.25, -0.2) is 9.79 Å². The number of anilines is 1. The topological polar surface area (TPSA) is 88.1 Å². The van der Waals surface area contributed by atoms with Gasteiger partial charge in [-0.2, -0.15) is 0 Å². The minimum absolute atomic E-state index is 0.00854. The maximum atomic E-state index is 13.1. The molecule has 0 bridgehead atoms. The summed E-state index contributed by atoms with van der Waals surface area (Å²) in [5, 5.41) is 3.52. The summed E-state index contributed by atoms with van der Waals surface area (Å²) < 4.78 is 5.24. The normalized spacial score (nSPS) is 18.6. The lowest BCUT2D eigenvalue weighted by molar-refractivity contribution is -0.130. The number of nitrogens with zero attached hydrogens (tertiary/aromatic N) is 2. The molecule has 7 nitrogen and oxygen atoms in total. The van der Waals surface area contributed by atoms with Crippen LogP contribution in [0.25, 0.3) is 0 Å². The standard InChI is InChI=1S/C22H20ClN3O4S2/c1-2-30-21(29)17-14-5-3-4-6-16(14)32-19(17)24-11-15-18(27)25-22(31)26(20(15)28)13-9-7-12(23)8-10-13/h7-11,15H,2-6H2,1H3,(H,25,27,31)/t15-/m0/s1. The predicted octanol–water partition coefficient (Wildman–Crippen LogP) is 4.22. The molecule has 1 aromatic carbocycles. The number of thiocarbonyl (C=S) groups is 1. The highest BCUT2D eigenvalue weighted by Crippen LogP contribution is 2.40. The third-order valence-corrected chi connectivity index (χ3v) is 7.00. The maximum absolute atomic E-state index is 13.1. The second-order valence-corrected chi connectivity index (χ2v) is 9.22. The number of thiophene rings is 1. The van der Waals surface area contributed by atoms with Gasteiger partial charge in [-0.1, -0.05) is 11.6 Å². The Kier molecular flexibility index (Phi) is 6.68. The fraction of sp³-hybridized carbons (Fsp3) is 0.318. The van der Waals surface area contributed by atoms with Crippen molar-refractivity contribution in [2.24, 2.45) is 10.9 Å². The Hall–Kier alpha value is -2.62. The van der Waals surface area contributed by atoms with Gasteiger partial charge in [0.1, 0.15) is 5.00 Å². The summed E-state index contributed by atoms with van der Waals surface area (Å²) in [6, 6.07) is 6.55. The molecule has 2 aliphatic rings. The third-order valence-electron chi connectivity index (χ3n) is 5.26. The number of ether oxygens (including phenoxy) is 1. The fourth-order valence-corrected chi connectivity index (χ4v) is 5.41. The molecule has 10 heteroatoms. The van der Waals surface area contributed by atoms with Gasteiger partial charge in [0, 0.05) is 16.1 Å². The first-order chi connectivity index (χ1) is 15.4. The van der Waals surface area contributed by atoms with Crippen molar-refractivity contribution < 1.29 is 19.1 Å². The van der Waals surface area contributed by atoms with Crippen LogP contribution >= 0.6 is 35.2 Å². The van der Waals surface area contributed by atoms with Crippen molar-refractivity contribution >= 4 is 75.0 Å². The zero-order valence-electron chi connectivity index (χ0n) is 17.2. The third kappa shape index (κ3) is 4.32. The Morgan fingerprint density at radius 1 is 1.31 bits per heavy atom. The van der Waals surface area contributed by atoms with Crippen LogP contribution in [0.2, 0.25) is 5.02 Å². The van der Waals surface area contributed by atoms with Crippen LogP contribution in [0.1, 0.15) is 40.6 Å². The lowest BCUT2D eigenvalue weighted by Gasteiger charge is -2.30. The Morgan fingerprint density at radius 2 is 2.03 bits per heavy atom. The van der Waals surface area contributed by atoms with Gasteiger partial charge in [0.05, 0.1) is 17.9 Å². The molecule has 4 rings (SSSR count). The van der Waals surface area contributed by atoms with E-state index in [-0.39, 0.29) is 11.7 Å². The first-order valence-corrected chi connectivity index (χ1v) is 11.8. The molecule has 0 radical (unpaired) electrons. The van der Waals surface area contributed by atoms with E-state index in [1.54, 1.807) is 31.2 Å². The number of aliphatic imine (C=N–C) groups is 1. The number of hydrogen-bond acceptors (Lipinski definition) is 7. The summed E-state index contributed by atoms with van der Waals surface area (Å²) in [7, 11) is 0. The Labute approximate surface area is 199 Å². The fourth-order valence-electron chi connectivity index (χ4n) is 3.75. The van der Waals surface area contributed by atoms with Crippen molar-refractivity contribution in [1.29, 1.82) is 0 Å². The largest absolute Gasteiger partial charge is 0.462 e. The number of aryl methyl sites for hydroxylation is 1. The molecule has 1 aliphatic heterocycles. The van der Waals surface area contributed by atoms with E-state index in [1.807, 2.05) is 0 Å². The number of rotatable bonds is 5. The number of carbonyl (C=O) groups is 3. The van der Waals surface area contributed by atoms with Gasteiger partial charge in [0.25, 0.3) is 5.91 Å². The van der Waals surface area contributed by atoms with E-state index in [4.69, 9.17) is 28.6 Å². The quantitative estimate of drug-likeness (QED) is 0.294. The second kappa shape index (κ2) is 9.48.